The number of rotatable bonds is 4. The molecule has 0 fully saturated rings. The molecule has 0 aliphatic carbocycles. The number of benzene rings is 1. The van der Waals surface area contributed by atoms with Crippen molar-refractivity contribution >= 4 is 11.6 Å². The van der Waals surface area contributed by atoms with Crippen LogP contribution in [-0.4, -0.2) is 24.7 Å². The average Bonchev–Trinajstić information content (AvgIpc) is 3.12. The molecule has 0 spiro atoms. The predicted octanol–water partition coefficient (Wildman–Crippen LogP) is 3.34. The summed E-state index contributed by atoms with van der Waals surface area (Å²) in [5, 5.41) is 16.8. The maximum absolute atomic E-state index is 9.39. The normalized spacial score (nSPS) is 10.3. The third-order valence-electron chi connectivity index (χ3n) is 3.74. The van der Waals surface area contributed by atoms with Gasteiger partial charge in [-0.05, 0) is 12.1 Å². The molecular weight excluding hydrogens is 326 g/mol. The molecule has 0 bridgehead atoms. The van der Waals surface area contributed by atoms with Crippen LogP contribution in [0.15, 0.2) is 73.3 Å². The van der Waals surface area contributed by atoms with Crippen molar-refractivity contribution in [2.24, 2.45) is 0 Å². The summed E-state index contributed by atoms with van der Waals surface area (Å²) in [5.41, 5.74) is 2.16. The predicted molar refractivity (Wildman–Crippen MR) is 96.8 cm³/mol. The summed E-state index contributed by atoms with van der Waals surface area (Å²) < 4.78 is 1.57. The minimum atomic E-state index is 0.399. The standard InChI is InChI=1S/C19H13N7/c20-11-15-12-24-26(18-8-4-5-9-21-18)19(15)25-17-10-16(22-13-23-17)14-6-2-1-3-7-14/h1-10,12-13H,(H,22,23,25). The van der Waals surface area contributed by atoms with Gasteiger partial charge in [-0.15, -0.1) is 0 Å². The summed E-state index contributed by atoms with van der Waals surface area (Å²) in [5.74, 6) is 1.67. The Kier molecular flexibility index (Phi) is 4.06. The van der Waals surface area contributed by atoms with Crippen LogP contribution in [0.4, 0.5) is 11.6 Å². The lowest BCUT2D eigenvalue weighted by atomic mass is 10.1. The van der Waals surface area contributed by atoms with Crippen LogP contribution < -0.4 is 5.32 Å². The molecule has 4 rings (SSSR count). The minimum absolute atomic E-state index is 0.399. The highest BCUT2D eigenvalue weighted by molar-refractivity contribution is 5.67. The van der Waals surface area contributed by atoms with E-state index in [1.165, 1.54) is 12.5 Å². The van der Waals surface area contributed by atoms with Crippen molar-refractivity contribution in [1.82, 2.24) is 24.7 Å². The molecule has 0 amide bonds. The monoisotopic (exact) mass is 339 g/mol. The molecule has 0 aliphatic heterocycles. The third kappa shape index (κ3) is 2.99. The molecule has 7 nitrogen and oxygen atoms in total. The van der Waals surface area contributed by atoms with E-state index in [1.54, 1.807) is 10.9 Å². The molecule has 0 unspecified atom stereocenters. The maximum Gasteiger partial charge on any atom is 0.155 e. The van der Waals surface area contributed by atoms with Crippen molar-refractivity contribution in [3.8, 4) is 23.1 Å². The van der Waals surface area contributed by atoms with Crippen LogP contribution in [-0.2, 0) is 0 Å². The van der Waals surface area contributed by atoms with Crippen LogP contribution in [0.3, 0.4) is 0 Å². The van der Waals surface area contributed by atoms with Gasteiger partial charge in [-0.2, -0.15) is 15.0 Å². The van der Waals surface area contributed by atoms with Crippen LogP contribution in [0.1, 0.15) is 5.56 Å². The van der Waals surface area contributed by atoms with E-state index in [4.69, 9.17) is 0 Å². The van der Waals surface area contributed by atoms with Gasteiger partial charge in [-0.25, -0.2) is 15.0 Å². The Morgan fingerprint density at radius 3 is 2.58 bits per heavy atom. The molecule has 26 heavy (non-hydrogen) atoms. The average molecular weight is 339 g/mol. The van der Waals surface area contributed by atoms with Crippen LogP contribution in [0.5, 0.6) is 0 Å². The first-order valence-corrected chi connectivity index (χ1v) is 7.89. The van der Waals surface area contributed by atoms with Gasteiger partial charge >= 0.3 is 0 Å². The topological polar surface area (TPSA) is 92.3 Å². The van der Waals surface area contributed by atoms with Crippen molar-refractivity contribution in [3.05, 3.63) is 78.9 Å². The van der Waals surface area contributed by atoms with Crippen molar-refractivity contribution in [2.45, 2.75) is 0 Å². The van der Waals surface area contributed by atoms with Gasteiger partial charge in [0, 0.05) is 17.8 Å². The fourth-order valence-corrected chi connectivity index (χ4v) is 2.52. The SMILES string of the molecule is N#Cc1cnn(-c2ccccn2)c1Nc1cc(-c2ccccc2)ncn1. The Morgan fingerprint density at radius 2 is 1.81 bits per heavy atom. The van der Waals surface area contributed by atoms with Crippen molar-refractivity contribution in [2.75, 3.05) is 5.32 Å². The fourth-order valence-electron chi connectivity index (χ4n) is 2.52. The van der Waals surface area contributed by atoms with Crippen molar-refractivity contribution < 1.29 is 0 Å². The quantitative estimate of drug-likeness (QED) is 0.613. The van der Waals surface area contributed by atoms with Crippen LogP contribution >= 0.6 is 0 Å². The van der Waals surface area contributed by atoms with Gasteiger partial charge in [0.15, 0.2) is 11.6 Å². The van der Waals surface area contributed by atoms with Crippen LogP contribution in [0, 0.1) is 11.3 Å². The number of hydrogen-bond acceptors (Lipinski definition) is 6. The summed E-state index contributed by atoms with van der Waals surface area (Å²) in [6.07, 6.45) is 4.65. The number of aromatic nitrogens is 5. The second-order valence-electron chi connectivity index (χ2n) is 5.40. The molecule has 7 heteroatoms. The highest BCUT2D eigenvalue weighted by Gasteiger charge is 2.14. The summed E-state index contributed by atoms with van der Waals surface area (Å²) in [6.45, 7) is 0. The largest absolute Gasteiger partial charge is 0.324 e. The van der Waals surface area contributed by atoms with E-state index in [0.717, 1.165) is 11.3 Å². The molecule has 3 heterocycles. The second kappa shape index (κ2) is 6.83. The van der Waals surface area contributed by atoms with E-state index in [2.05, 4.69) is 31.4 Å². The van der Waals surface area contributed by atoms with E-state index in [1.807, 2.05) is 54.6 Å². The zero-order chi connectivity index (χ0) is 17.8. The van der Waals surface area contributed by atoms with Crippen molar-refractivity contribution in [1.29, 1.82) is 5.26 Å². The Balaban J connectivity index is 1.73. The molecule has 3 aromatic heterocycles. The van der Waals surface area contributed by atoms with Gasteiger partial charge in [-0.1, -0.05) is 36.4 Å². The highest BCUT2D eigenvalue weighted by Crippen LogP contribution is 2.24. The third-order valence-corrected chi connectivity index (χ3v) is 3.74. The van der Waals surface area contributed by atoms with E-state index in [-0.39, 0.29) is 0 Å². The second-order valence-corrected chi connectivity index (χ2v) is 5.40. The zero-order valence-corrected chi connectivity index (χ0v) is 13.6. The molecule has 124 valence electrons. The minimum Gasteiger partial charge on any atom is -0.324 e. The van der Waals surface area contributed by atoms with Gasteiger partial charge in [-0.3, -0.25) is 0 Å². The first-order chi connectivity index (χ1) is 12.8. The lowest BCUT2D eigenvalue weighted by Gasteiger charge is -2.10. The highest BCUT2D eigenvalue weighted by atomic mass is 15.4. The van der Waals surface area contributed by atoms with Crippen LogP contribution in [0.25, 0.3) is 17.1 Å². The lowest BCUT2D eigenvalue weighted by molar-refractivity contribution is 0.853. The number of nitriles is 1. The lowest BCUT2D eigenvalue weighted by Crippen LogP contribution is -2.06. The van der Waals surface area contributed by atoms with E-state index in [0.29, 0.717) is 23.0 Å². The Labute approximate surface area is 149 Å². The van der Waals surface area contributed by atoms with Gasteiger partial charge in [0.25, 0.3) is 0 Å². The molecule has 4 aromatic rings. The number of hydrogen-bond donors (Lipinski definition) is 1. The smallest absolute Gasteiger partial charge is 0.155 e. The summed E-state index contributed by atoms with van der Waals surface area (Å²) >= 11 is 0. The van der Waals surface area contributed by atoms with Crippen molar-refractivity contribution in [3.63, 3.8) is 0 Å². The Bertz CT molecular complexity index is 1070. The molecule has 0 saturated carbocycles. The molecule has 1 N–H and O–H groups in total. The molecule has 0 aliphatic rings. The van der Waals surface area contributed by atoms with Gasteiger partial charge < -0.3 is 5.32 Å². The van der Waals surface area contributed by atoms with Crippen LogP contribution in [0.2, 0.25) is 0 Å². The zero-order valence-electron chi connectivity index (χ0n) is 13.6. The summed E-state index contributed by atoms with van der Waals surface area (Å²) in [4.78, 5) is 12.9. The molecule has 0 saturated heterocycles. The number of nitrogens with one attached hydrogen (secondary N) is 1. The number of pyridine rings is 1. The Hall–Kier alpha value is -4.05. The maximum atomic E-state index is 9.39. The number of anilines is 2. The molecule has 0 atom stereocenters. The molecule has 1 aromatic carbocycles. The number of nitrogens with zero attached hydrogens (tertiary/aromatic N) is 6. The first kappa shape index (κ1) is 15.5. The summed E-state index contributed by atoms with van der Waals surface area (Å²) in [6, 6.07) is 19.3. The fraction of sp³-hybridized carbons (Fsp3) is 0. The van der Waals surface area contributed by atoms with Gasteiger partial charge in [0.2, 0.25) is 0 Å². The van der Waals surface area contributed by atoms with E-state index >= 15 is 0 Å². The van der Waals surface area contributed by atoms with E-state index < -0.39 is 0 Å². The molecule has 0 radical (unpaired) electrons. The first-order valence-electron chi connectivity index (χ1n) is 7.89. The summed E-state index contributed by atoms with van der Waals surface area (Å²) in [7, 11) is 0. The molecular formula is C19H13N7. The van der Waals surface area contributed by atoms with Gasteiger partial charge in [0.1, 0.15) is 23.8 Å². The van der Waals surface area contributed by atoms with Gasteiger partial charge in [0.05, 0.1) is 11.9 Å². The van der Waals surface area contributed by atoms with E-state index in [9.17, 15) is 5.26 Å². The Morgan fingerprint density at radius 1 is 0.962 bits per heavy atom.